The standard InChI is InChI=1S/C13H21NS/c1-4-7-11(2)10-14-12-8-5-6-9-13(12)15-3/h5-6,8-9,11,14H,4,7,10H2,1-3H3. The van der Waals surface area contributed by atoms with Crippen LogP contribution in [0.5, 0.6) is 0 Å². The van der Waals surface area contributed by atoms with Gasteiger partial charge in [-0.1, -0.05) is 32.4 Å². The third kappa shape index (κ3) is 4.17. The number of hydrogen-bond donors (Lipinski definition) is 1. The molecule has 1 unspecified atom stereocenters. The summed E-state index contributed by atoms with van der Waals surface area (Å²) in [5.74, 6) is 0.755. The molecule has 0 aliphatic carbocycles. The molecule has 0 aliphatic heterocycles. The molecule has 0 spiro atoms. The molecule has 0 saturated heterocycles. The Labute approximate surface area is 97.7 Å². The minimum atomic E-state index is 0.755. The SMILES string of the molecule is CCCC(C)CNc1ccccc1SC. The zero-order valence-electron chi connectivity index (χ0n) is 9.92. The van der Waals surface area contributed by atoms with E-state index in [1.54, 1.807) is 11.8 Å². The second-order valence-electron chi connectivity index (χ2n) is 3.98. The lowest BCUT2D eigenvalue weighted by molar-refractivity contribution is 0.550. The monoisotopic (exact) mass is 223 g/mol. The van der Waals surface area contributed by atoms with Crippen LogP contribution in [-0.2, 0) is 0 Å². The van der Waals surface area contributed by atoms with Crippen molar-refractivity contribution in [3.63, 3.8) is 0 Å². The average Bonchev–Trinajstić information content (AvgIpc) is 2.27. The molecule has 1 atom stereocenters. The van der Waals surface area contributed by atoms with Crippen LogP contribution in [0.3, 0.4) is 0 Å². The summed E-state index contributed by atoms with van der Waals surface area (Å²) in [4.78, 5) is 1.33. The summed E-state index contributed by atoms with van der Waals surface area (Å²) in [6, 6.07) is 8.50. The van der Waals surface area contributed by atoms with Crippen LogP contribution < -0.4 is 5.32 Å². The molecule has 0 heterocycles. The lowest BCUT2D eigenvalue weighted by Crippen LogP contribution is -2.11. The number of thioether (sulfide) groups is 1. The highest BCUT2D eigenvalue weighted by Gasteiger charge is 2.02. The topological polar surface area (TPSA) is 12.0 Å². The fraction of sp³-hybridized carbons (Fsp3) is 0.538. The summed E-state index contributed by atoms with van der Waals surface area (Å²) in [6.07, 6.45) is 4.69. The van der Waals surface area contributed by atoms with Crippen LogP contribution in [0.25, 0.3) is 0 Å². The third-order valence-corrected chi connectivity index (χ3v) is 3.33. The summed E-state index contributed by atoms with van der Waals surface area (Å²) < 4.78 is 0. The molecule has 1 rings (SSSR count). The fourth-order valence-electron chi connectivity index (χ4n) is 1.67. The van der Waals surface area contributed by atoms with E-state index in [2.05, 4.69) is 49.7 Å². The van der Waals surface area contributed by atoms with Crippen molar-refractivity contribution in [1.29, 1.82) is 0 Å². The van der Waals surface area contributed by atoms with E-state index < -0.39 is 0 Å². The van der Waals surface area contributed by atoms with Crippen molar-refractivity contribution in [2.24, 2.45) is 5.92 Å². The van der Waals surface area contributed by atoms with Gasteiger partial charge in [-0.05, 0) is 30.7 Å². The van der Waals surface area contributed by atoms with Gasteiger partial charge in [0.25, 0.3) is 0 Å². The third-order valence-electron chi connectivity index (χ3n) is 2.53. The molecule has 0 aromatic heterocycles. The zero-order valence-corrected chi connectivity index (χ0v) is 10.7. The van der Waals surface area contributed by atoms with Gasteiger partial charge in [0.15, 0.2) is 0 Å². The highest BCUT2D eigenvalue weighted by atomic mass is 32.2. The number of hydrogen-bond acceptors (Lipinski definition) is 2. The molecule has 0 fully saturated rings. The predicted molar refractivity (Wildman–Crippen MR) is 70.8 cm³/mol. The molecule has 0 amide bonds. The second-order valence-corrected chi connectivity index (χ2v) is 4.82. The largest absolute Gasteiger partial charge is 0.384 e. The van der Waals surface area contributed by atoms with Crippen molar-refractivity contribution >= 4 is 17.4 Å². The lowest BCUT2D eigenvalue weighted by Gasteiger charge is -2.14. The molecule has 0 aliphatic rings. The van der Waals surface area contributed by atoms with Crippen LogP contribution in [0.1, 0.15) is 26.7 Å². The first-order valence-corrected chi connectivity index (χ1v) is 6.87. The molecule has 2 heteroatoms. The first kappa shape index (κ1) is 12.4. The summed E-state index contributed by atoms with van der Waals surface area (Å²) in [6.45, 7) is 5.62. The van der Waals surface area contributed by atoms with Gasteiger partial charge in [0.1, 0.15) is 0 Å². The molecule has 0 saturated carbocycles. The van der Waals surface area contributed by atoms with E-state index in [-0.39, 0.29) is 0 Å². The van der Waals surface area contributed by atoms with Crippen LogP contribution in [0.4, 0.5) is 5.69 Å². The number of nitrogens with one attached hydrogen (secondary N) is 1. The van der Waals surface area contributed by atoms with Gasteiger partial charge < -0.3 is 5.32 Å². The van der Waals surface area contributed by atoms with Crippen molar-refractivity contribution < 1.29 is 0 Å². The predicted octanol–water partition coefficient (Wildman–Crippen LogP) is 4.26. The molecule has 1 aromatic rings. The van der Waals surface area contributed by atoms with E-state index >= 15 is 0 Å². The highest BCUT2D eigenvalue weighted by molar-refractivity contribution is 7.98. The van der Waals surface area contributed by atoms with Gasteiger partial charge in [-0.2, -0.15) is 0 Å². The Morgan fingerprint density at radius 2 is 2.07 bits per heavy atom. The van der Waals surface area contributed by atoms with Gasteiger partial charge in [0.05, 0.1) is 0 Å². The maximum absolute atomic E-state index is 3.53. The van der Waals surface area contributed by atoms with E-state index in [1.807, 2.05) is 0 Å². The van der Waals surface area contributed by atoms with Crippen molar-refractivity contribution in [3.05, 3.63) is 24.3 Å². The summed E-state index contributed by atoms with van der Waals surface area (Å²) in [5.41, 5.74) is 1.27. The Morgan fingerprint density at radius 1 is 1.33 bits per heavy atom. The summed E-state index contributed by atoms with van der Waals surface area (Å²) in [5, 5.41) is 3.53. The van der Waals surface area contributed by atoms with Crippen molar-refractivity contribution in [2.45, 2.75) is 31.6 Å². The van der Waals surface area contributed by atoms with E-state index in [4.69, 9.17) is 0 Å². The van der Waals surface area contributed by atoms with Crippen LogP contribution in [0.2, 0.25) is 0 Å². The van der Waals surface area contributed by atoms with Gasteiger partial charge in [-0.3, -0.25) is 0 Å². The zero-order chi connectivity index (χ0) is 11.1. The maximum Gasteiger partial charge on any atom is 0.0478 e. The van der Waals surface area contributed by atoms with Crippen LogP contribution in [0.15, 0.2) is 29.2 Å². The van der Waals surface area contributed by atoms with E-state index in [0.29, 0.717) is 0 Å². The Balaban J connectivity index is 2.49. The van der Waals surface area contributed by atoms with Crippen molar-refractivity contribution in [2.75, 3.05) is 18.1 Å². The molecule has 1 N–H and O–H groups in total. The van der Waals surface area contributed by atoms with Gasteiger partial charge in [-0.15, -0.1) is 11.8 Å². The van der Waals surface area contributed by atoms with Crippen LogP contribution in [0, 0.1) is 5.92 Å². The van der Waals surface area contributed by atoms with E-state index in [9.17, 15) is 0 Å². The minimum Gasteiger partial charge on any atom is -0.384 e. The maximum atomic E-state index is 3.53. The molecule has 1 aromatic carbocycles. The highest BCUT2D eigenvalue weighted by Crippen LogP contribution is 2.24. The first-order chi connectivity index (χ1) is 7.27. The van der Waals surface area contributed by atoms with Crippen LogP contribution in [-0.4, -0.2) is 12.8 Å². The average molecular weight is 223 g/mol. The molecule has 15 heavy (non-hydrogen) atoms. The van der Waals surface area contributed by atoms with Crippen molar-refractivity contribution in [3.8, 4) is 0 Å². The first-order valence-electron chi connectivity index (χ1n) is 5.64. The van der Waals surface area contributed by atoms with Crippen LogP contribution >= 0.6 is 11.8 Å². The number of para-hydroxylation sites is 1. The Hall–Kier alpha value is -0.630. The van der Waals surface area contributed by atoms with E-state index in [0.717, 1.165) is 12.5 Å². The van der Waals surface area contributed by atoms with Gasteiger partial charge in [-0.25, -0.2) is 0 Å². The minimum absolute atomic E-state index is 0.755. The fourth-order valence-corrected chi connectivity index (χ4v) is 2.24. The summed E-state index contributed by atoms with van der Waals surface area (Å²) in [7, 11) is 0. The number of rotatable bonds is 6. The Kier molecular flexibility index (Phi) is 5.62. The summed E-state index contributed by atoms with van der Waals surface area (Å²) >= 11 is 1.80. The lowest BCUT2D eigenvalue weighted by atomic mass is 10.1. The van der Waals surface area contributed by atoms with Crippen molar-refractivity contribution in [1.82, 2.24) is 0 Å². The molecule has 1 nitrogen and oxygen atoms in total. The van der Waals surface area contributed by atoms with Gasteiger partial charge in [0, 0.05) is 17.1 Å². The quantitative estimate of drug-likeness (QED) is 0.723. The molecule has 0 radical (unpaired) electrons. The van der Waals surface area contributed by atoms with E-state index in [1.165, 1.54) is 23.4 Å². The molecular formula is C13H21NS. The Bertz CT molecular complexity index is 286. The number of anilines is 1. The normalized spacial score (nSPS) is 12.5. The number of benzene rings is 1. The Morgan fingerprint density at radius 3 is 2.73 bits per heavy atom. The molecular weight excluding hydrogens is 202 g/mol. The van der Waals surface area contributed by atoms with Gasteiger partial charge >= 0.3 is 0 Å². The molecule has 0 bridgehead atoms. The smallest absolute Gasteiger partial charge is 0.0478 e. The van der Waals surface area contributed by atoms with Gasteiger partial charge in [0.2, 0.25) is 0 Å². The second kappa shape index (κ2) is 6.78. The molecule has 84 valence electrons.